The number of aryl methyl sites for hydroxylation is 1. The van der Waals surface area contributed by atoms with Gasteiger partial charge in [-0.2, -0.15) is 0 Å². The van der Waals surface area contributed by atoms with Crippen LogP contribution in [0.15, 0.2) is 24.3 Å². The molecule has 120 valence electrons. The third-order valence-electron chi connectivity index (χ3n) is 4.27. The van der Waals surface area contributed by atoms with Crippen LogP contribution >= 0.6 is 0 Å². The van der Waals surface area contributed by atoms with Crippen molar-refractivity contribution in [1.82, 2.24) is 10.6 Å². The first kappa shape index (κ1) is 16.5. The summed E-state index contributed by atoms with van der Waals surface area (Å²) >= 11 is 0. The Labute approximate surface area is 132 Å². The number of benzene rings is 1. The van der Waals surface area contributed by atoms with Crippen LogP contribution in [0.4, 0.5) is 0 Å². The van der Waals surface area contributed by atoms with Crippen molar-refractivity contribution in [2.45, 2.75) is 57.9 Å². The van der Waals surface area contributed by atoms with E-state index >= 15 is 0 Å². The Hall–Kier alpha value is -1.84. The largest absolute Gasteiger partial charge is 0.352 e. The molecular weight excluding hydrogens is 276 g/mol. The Bertz CT molecular complexity index is 506. The van der Waals surface area contributed by atoms with Crippen molar-refractivity contribution in [3.05, 3.63) is 35.4 Å². The van der Waals surface area contributed by atoms with E-state index in [-0.39, 0.29) is 24.4 Å². The average molecular weight is 302 g/mol. The zero-order chi connectivity index (χ0) is 15.8. The standard InChI is InChI=1S/C18H26N2O2/c1-14-9-7-8-12-16(14)18(22)19-13-17(21)20-15-10-5-3-2-4-6-11-15/h7-9,12,15H,2-6,10-11,13H2,1H3,(H,19,22)(H,20,21). The van der Waals surface area contributed by atoms with Gasteiger partial charge in [-0.15, -0.1) is 0 Å². The molecule has 1 aliphatic carbocycles. The SMILES string of the molecule is Cc1ccccc1C(=O)NCC(=O)NC1CCCCCCC1. The summed E-state index contributed by atoms with van der Waals surface area (Å²) < 4.78 is 0. The van der Waals surface area contributed by atoms with E-state index in [4.69, 9.17) is 0 Å². The molecule has 0 radical (unpaired) electrons. The van der Waals surface area contributed by atoms with E-state index in [1.165, 1.54) is 32.1 Å². The molecule has 0 saturated heterocycles. The van der Waals surface area contributed by atoms with Crippen LogP contribution < -0.4 is 10.6 Å². The first-order valence-corrected chi connectivity index (χ1v) is 8.30. The van der Waals surface area contributed by atoms with Gasteiger partial charge in [-0.1, -0.05) is 50.3 Å². The molecule has 1 fully saturated rings. The third kappa shape index (κ3) is 5.17. The Kier molecular flexibility index (Phi) is 6.44. The first-order chi connectivity index (χ1) is 10.7. The van der Waals surface area contributed by atoms with Gasteiger partial charge in [-0.3, -0.25) is 9.59 Å². The van der Waals surface area contributed by atoms with Gasteiger partial charge in [0.05, 0.1) is 6.54 Å². The topological polar surface area (TPSA) is 58.2 Å². The number of rotatable bonds is 4. The Morgan fingerprint density at radius 3 is 2.36 bits per heavy atom. The summed E-state index contributed by atoms with van der Waals surface area (Å²) in [5.74, 6) is -0.279. The summed E-state index contributed by atoms with van der Waals surface area (Å²) in [4.78, 5) is 24.1. The van der Waals surface area contributed by atoms with Crippen LogP contribution in [0.3, 0.4) is 0 Å². The molecule has 1 aromatic rings. The molecule has 0 atom stereocenters. The van der Waals surface area contributed by atoms with Crippen LogP contribution in [0, 0.1) is 6.92 Å². The number of carbonyl (C=O) groups excluding carboxylic acids is 2. The maximum atomic E-state index is 12.1. The minimum absolute atomic E-state index is 0.0453. The molecule has 2 amide bonds. The number of amides is 2. The number of carbonyl (C=O) groups is 2. The molecule has 1 aromatic carbocycles. The zero-order valence-electron chi connectivity index (χ0n) is 13.4. The Morgan fingerprint density at radius 2 is 1.68 bits per heavy atom. The predicted molar refractivity (Wildman–Crippen MR) is 87.8 cm³/mol. The molecule has 0 aromatic heterocycles. The second-order valence-corrected chi connectivity index (χ2v) is 6.11. The average Bonchev–Trinajstić information content (AvgIpc) is 2.48. The molecule has 0 spiro atoms. The van der Waals surface area contributed by atoms with Crippen LogP contribution in [0.2, 0.25) is 0 Å². The van der Waals surface area contributed by atoms with Gasteiger partial charge in [-0.05, 0) is 31.4 Å². The highest BCUT2D eigenvalue weighted by Gasteiger charge is 2.15. The molecule has 1 aliphatic rings. The van der Waals surface area contributed by atoms with Crippen molar-refractivity contribution < 1.29 is 9.59 Å². The fourth-order valence-electron chi connectivity index (χ4n) is 2.96. The second-order valence-electron chi connectivity index (χ2n) is 6.11. The minimum Gasteiger partial charge on any atom is -0.352 e. The van der Waals surface area contributed by atoms with Crippen molar-refractivity contribution in [3.8, 4) is 0 Å². The van der Waals surface area contributed by atoms with Gasteiger partial charge in [0.25, 0.3) is 5.91 Å². The van der Waals surface area contributed by atoms with E-state index in [0.29, 0.717) is 5.56 Å². The highest BCUT2D eigenvalue weighted by molar-refractivity contribution is 5.97. The van der Waals surface area contributed by atoms with Gasteiger partial charge < -0.3 is 10.6 Å². The molecule has 0 unspecified atom stereocenters. The molecule has 0 heterocycles. The van der Waals surface area contributed by atoms with E-state index in [1.807, 2.05) is 25.1 Å². The summed E-state index contributed by atoms with van der Waals surface area (Å²) in [5, 5.41) is 5.76. The normalized spacial score (nSPS) is 16.4. The van der Waals surface area contributed by atoms with Gasteiger partial charge in [0, 0.05) is 11.6 Å². The van der Waals surface area contributed by atoms with Crippen molar-refractivity contribution in [2.75, 3.05) is 6.54 Å². The lowest BCUT2D eigenvalue weighted by atomic mass is 9.97. The Morgan fingerprint density at radius 1 is 1.05 bits per heavy atom. The van der Waals surface area contributed by atoms with E-state index < -0.39 is 0 Å². The van der Waals surface area contributed by atoms with Crippen molar-refractivity contribution in [1.29, 1.82) is 0 Å². The van der Waals surface area contributed by atoms with Gasteiger partial charge in [0.1, 0.15) is 0 Å². The lowest BCUT2D eigenvalue weighted by Gasteiger charge is -2.21. The molecule has 22 heavy (non-hydrogen) atoms. The number of hydrogen-bond acceptors (Lipinski definition) is 2. The number of hydrogen-bond donors (Lipinski definition) is 2. The van der Waals surface area contributed by atoms with Crippen molar-refractivity contribution >= 4 is 11.8 Å². The first-order valence-electron chi connectivity index (χ1n) is 8.30. The quantitative estimate of drug-likeness (QED) is 0.898. The maximum absolute atomic E-state index is 12.1. The van der Waals surface area contributed by atoms with E-state index in [9.17, 15) is 9.59 Å². The van der Waals surface area contributed by atoms with E-state index in [0.717, 1.165) is 18.4 Å². The highest BCUT2D eigenvalue weighted by Crippen LogP contribution is 2.16. The van der Waals surface area contributed by atoms with E-state index in [1.54, 1.807) is 6.07 Å². The summed E-state index contributed by atoms with van der Waals surface area (Å²) in [6.45, 7) is 1.94. The second kappa shape index (κ2) is 8.57. The summed E-state index contributed by atoms with van der Waals surface area (Å²) in [7, 11) is 0. The van der Waals surface area contributed by atoms with Gasteiger partial charge in [0.15, 0.2) is 0 Å². The maximum Gasteiger partial charge on any atom is 0.251 e. The lowest BCUT2D eigenvalue weighted by Crippen LogP contribution is -2.42. The van der Waals surface area contributed by atoms with Crippen LogP contribution in [0.25, 0.3) is 0 Å². The van der Waals surface area contributed by atoms with Gasteiger partial charge in [0.2, 0.25) is 5.91 Å². The molecule has 4 nitrogen and oxygen atoms in total. The Balaban J connectivity index is 1.77. The number of nitrogens with one attached hydrogen (secondary N) is 2. The third-order valence-corrected chi connectivity index (χ3v) is 4.27. The predicted octanol–water partition coefficient (Wildman–Crippen LogP) is 2.95. The van der Waals surface area contributed by atoms with E-state index in [2.05, 4.69) is 10.6 Å². The monoisotopic (exact) mass is 302 g/mol. The smallest absolute Gasteiger partial charge is 0.251 e. The van der Waals surface area contributed by atoms with Crippen molar-refractivity contribution in [3.63, 3.8) is 0 Å². The van der Waals surface area contributed by atoms with Crippen molar-refractivity contribution in [2.24, 2.45) is 0 Å². The van der Waals surface area contributed by atoms with Gasteiger partial charge >= 0.3 is 0 Å². The summed E-state index contributed by atoms with van der Waals surface area (Å²) in [6, 6.07) is 7.66. The molecule has 0 aliphatic heterocycles. The summed E-state index contributed by atoms with van der Waals surface area (Å²) in [5.41, 5.74) is 1.54. The molecular formula is C18H26N2O2. The molecule has 1 saturated carbocycles. The fourth-order valence-corrected chi connectivity index (χ4v) is 2.96. The zero-order valence-corrected chi connectivity index (χ0v) is 13.4. The van der Waals surface area contributed by atoms with Crippen LogP contribution in [-0.4, -0.2) is 24.4 Å². The highest BCUT2D eigenvalue weighted by atomic mass is 16.2. The van der Waals surface area contributed by atoms with Crippen LogP contribution in [0.5, 0.6) is 0 Å². The van der Waals surface area contributed by atoms with Gasteiger partial charge in [-0.25, -0.2) is 0 Å². The molecule has 0 bridgehead atoms. The minimum atomic E-state index is -0.189. The van der Waals surface area contributed by atoms with Crippen LogP contribution in [0.1, 0.15) is 60.9 Å². The molecule has 2 rings (SSSR count). The lowest BCUT2D eigenvalue weighted by molar-refractivity contribution is -0.120. The molecule has 2 N–H and O–H groups in total. The fraction of sp³-hybridized carbons (Fsp3) is 0.556. The van der Waals surface area contributed by atoms with Crippen LogP contribution in [-0.2, 0) is 4.79 Å². The summed E-state index contributed by atoms with van der Waals surface area (Å²) in [6.07, 6.45) is 8.30. The molecule has 4 heteroatoms.